The largest absolute Gasteiger partial charge is 0.381 e. The van der Waals surface area contributed by atoms with Crippen molar-refractivity contribution in [2.75, 3.05) is 19.8 Å². The molecule has 0 aromatic carbocycles. The molecule has 0 aliphatic carbocycles. The standard InChI is InChI=1S/C11H18FN3O3S/c1-8-10(9(2)15-14-8)19(16,17)13-7-11(12)3-5-18-6-4-11/h13H,3-7H2,1-2H3,(H,14,15). The number of aromatic amines is 1. The molecule has 1 aromatic heterocycles. The number of hydrogen-bond acceptors (Lipinski definition) is 4. The Bertz CT molecular complexity index is 530. The molecule has 1 fully saturated rings. The average molecular weight is 291 g/mol. The van der Waals surface area contributed by atoms with E-state index in [-0.39, 0.29) is 24.3 Å². The fourth-order valence-electron chi connectivity index (χ4n) is 2.15. The minimum atomic E-state index is -3.74. The van der Waals surface area contributed by atoms with Gasteiger partial charge in [-0.25, -0.2) is 17.5 Å². The van der Waals surface area contributed by atoms with Gasteiger partial charge in [0, 0.05) is 32.6 Å². The van der Waals surface area contributed by atoms with E-state index in [1.807, 2.05) is 0 Å². The van der Waals surface area contributed by atoms with Crippen LogP contribution in [-0.4, -0.2) is 44.0 Å². The van der Waals surface area contributed by atoms with Gasteiger partial charge in [0.1, 0.15) is 10.6 Å². The summed E-state index contributed by atoms with van der Waals surface area (Å²) in [6.07, 6.45) is 0.414. The van der Waals surface area contributed by atoms with Crippen molar-refractivity contribution in [1.29, 1.82) is 0 Å². The molecule has 0 amide bonds. The maximum Gasteiger partial charge on any atom is 0.244 e. The third-order valence-corrected chi connectivity index (χ3v) is 4.96. The molecule has 0 atom stereocenters. The molecule has 0 saturated carbocycles. The van der Waals surface area contributed by atoms with E-state index in [0.717, 1.165) is 0 Å². The molecule has 2 heterocycles. The van der Waals surface area contributed by atoms with E-state index >= 15 is 0 Å². The Balaban J connectivity index is 2.10. The van der Waals surface area contributed by atoms with Crippen molar-refractivity contribution < 1.29 is 17.5 Å². The lowest BCUT2D eigenvalue weighted by molar-refractivity contribution is -0.00522. The van der Waals surface area contributed by atoms with Gasteiger partial charge in [0.05, 0.1) is 11.4 Å². The Kier molecular flexibility index (Phi) is 3.93. The van der Waals surface area contributed by atoms with Crippen LogP contribution in [0.15, 0.2) is 4.90 Å². The topological polar surface area (TPSA) is 84.1 Å². The van der Waals surface area contributed by atoms with Gasteiger partial charge in [-0.2, -0.15) is 5.10 Å². The lowest BCUT2D eigenvalue weighted by Gasteiger charge is -2.29. The molecular weight excluding hydrogens is 273 g/mol. The van der Waals surface area contributed by atoms with E-state index in [1.54, 1.807) is 13.8 Å². The second-order valence-corrected chi connectivity index (χ2v) is 6.55. The van der Waals surface area contributed by atoms with Gasteiger partial charge in [0.15, 0.2) is 0 Å². The molecule has 2 rings (SSSR count). The number of halogens is 1. The maximum absolute atomic E-state index is 14.3. The van der Waals surface area contributed by atoms with Crippen molar-refractivity contribution in [3.8, 4) is 0 Å². The van der Waals surface area contributed by atoms with Crippen LogP contribution in [0.1, 0.15) is 24.2 Å². The second kappa shape index (κ2) is 5.18. The van der Waals surface area contributed by atoms with Gasteiger partial charge in [0.2, 0.25) is 10.0 Å². The average Bonchev–Trinajstić information content (AvgIpc) is 2.68. The minimum Gasteiger partial charge on any atom is -0.381 e. The molecule has 108 valence electrons. The predicted molar refractivity (Wildman–Crippen MR) is 67.1 cm³/mol. The third kappa shape index (κ3) is 3.13. The second-order valence-electron chi connectivity index (χ2n) is 4.85. The fourth-order valence-corrected chi connectivity index (χ4v) is 3.62. The van der Waals surface area contributed by atoms with Gasteiger partial charge >= 0.3 is 0 Å². The number of ether oxygens (including phenoxy) is 1. The molecule has 1 aromatic rings. The van der Waals surface area contributed by atoms with Gasteiger partial charge in [-0.05, 0) is 13.8 Å². The first-order chi connectivity index (χ1) is 8.84. The van der Waals surface area contributed by atoms with E-state index in [1.165, 1.54) is 0 Å². The number of rotatable bonds is 4. The van der Waals surface area contributed by atoms with Crippen LogP contribution in [0.3, 0.4) is 0 Å². The SMILES string of the molecule is Cc1n[nH]c(C)c1S(=O)(=O)NCC1(F)CCOCC1. The van der Waals surface area contributed by atoms with Gasteiger partial charge < -0.3 is 4.74 Å². The monoisotopic (exact) mass is 291 g/mol. The Morgan fingerprint density at radius 2 is 2.05 bits per heavy atom. The van der Waals surface area contributed by atoms with Crippen LogP contribution in [0.2, 0.25) is 0 Å². The van der Waals surface area contributed by atoms with Gasteiger partial charge in [-0.3, -0.25) is 5.10 Å². The number of aryl methyl sites for hydroxylation is 2. The lowest BCUT2D eigenvalue weighted by Crippen LogP contribution is -2.43. The summed E-state index contributed by atoms with van der Waals surface area (Å²) in [5.41, 5.74) is -0.702. The summed E-state index contributed by atoms with van der Waals surface area (Å²) in [5, 5.41) is 6.44. The fraction of sp³-hybridized carbons (Fsp3) is 0.727. The predicted octanol–water partition coefficient (Wildman–Crippen LogP) is 0.824. The van der Waals surface area contributed by atoms with Crippen LogP contribution in [-0.2, 0) is 14.8 Å². The number of nitrogens with one attached hydrogen (secondary N) is 2. The minimum absolute atomic E-state index is 0.100. The summed E-state index contributed by atoms with van der Waals surface area (Å²) in [4.78, 5) is 0.100. The van der Waals surface area contributed by atoms with Crippen LogP contribution in [0.5, 0.6) is 0 Å². The first kappa shape index (κ1) is 14.4. The molecule has 0 bridgehead atoms. The smallest absolute Gasteiger partial charge is 0.244 e. The highest BCUT2D eigenvalue weighted by Crippen LogP contribution is 2.25. The lowest BCUT2D eigenvalue weighted by atomic mass is 9.97. The molecule has 0 unspecified atom stereocenters. The Morgan fingerprint density at radius 1 is 1.42 bits per heavy atom. The first-order valence-electron chi connectivity index (χ1n) is 6.12. The molecule has 0 radical (unpaired) electrons. The molecule has 1 saturated heterocycles. The van der Waals surface area contributed by atoms with E-state index in [0.29, 0.717) is 24.6 Å². The Morgan fingerprint density at radius 3 is 2.58 bits per heavy atom. The number of sulfonamides is 1. The summed E-state index contributed by atoms with van der Waals surface area (Å²) in [6, 6.07) is 0. The first-order valence-corrected chi connectivity index (χ1v) is 7.60. The number of aromatic nitrogens is 2. The quantitative estimate of drug-likeness (QED) is 0.860. The highest BCUT2D eigenvalue weighted by Gasteiger charge is 2.34. The molecule has 6 nitrogen and oxygen atoms in total. The van der Waals surface area contributed by atoms with E-state index in [9.17, 15) is 12.8 Å². The number of nitrogens with zero attached hydrogens (tertiary/aromatic N) is 1. The van der Waals surface area contributed by atoms with Crippen molar-refractivity contribution in [2.24, 2.45) is 0 Å². The van der Waals surface area contributed by atoms with Gasteiger partial charge in [-0.1, -0.05) is 0 Å². The zero-order valence-electron chi connectivity index (χ0n) is 11.0. The summed E-state index contributed by atoms with van der Waals surface area (Å²) >= 11 is 0. The van der Waals surface area contributed by atoms with Crippen molar-refractivity contribution in [2.45, 2.75) is 37.3 Å². The number of hydrogen-bond donors (Lipinski definition) is 2. The van der Waals surface area contributed by atoms with E-state index in [2.05, 4.69) is 14.9 Å². The van der Waals surface area contributed by atoms with Crippen LogP contribution < -0.4 is 4.72 Å². The summed E-state index contributed by atoms with van der Waals surface area (Å²) in [7, 11) is -3.74. The molecule has 0 spiro atoms. The summed E-state index contributed by atoms with van der Waals surface area (Å²) in [5.74, 6) is 0. The molecule has 2 N–H and O–H groups in total. The van der Waals surface area contributed by atoms with E-state index in [4.69, 9.17) is 4.74 Å². The summed E-state index contributed by atoms with van der Waals surface area (Å²) in [6.45, 7) is 3.62. The zero-order chi connectivity index (χ0) is 14.1. The highest BCUT2D eigenvalue weighted by molar-refractivity contribution is 7.89. The van der Waals surface area contributed by atoms with Crippen LogP contribution in [0.4, 0.5) is 4.39 Å². The van der Waals surface area contributed by atoms with Crippen LogP contribution in [0, 0.1) is 13.8 Å². The molecule has 1 aliphatic heterocycles. The third-order valence-electron chi connectivity index (χ3n) is 3.30. The zero-order valence-corrected chi connectivity index (χ0v) is 11.8. The number of alkyl halides is 1. The molecule has 8 heteroatoms. The van der Waals surface area contributed by atoms with Crippen LogP contribution >= 0.6 is 0 Å². The Hall–Kier alpha value is -0.990. The normalized spacial score (nSPS) is 19.5. The molecule has 1 aliphatic rings. The highest BCUT2D eigenvalue weighted by atomic mass is 32.2. The Labute approximate surface area is 111 Å². The van der Waals surface area contributed by atoms with E-state index < -0.39 is 15.7 Å². The van der Waals surface area contributed by atoms with Crippen molar-refractivity contribution in [1.82, 2.24) is 14.9 Å². The van der Waals surface area contributed by atoms with Crippen molar-refractivity contribution in [3.05, 3.63) is 11.4 Å². The molecular formula is C11H18FN3O3S. The van der Waals surface area contributed by atoms with Crippen LogP contribution in [0.25, 0.3) is 0 Å². The van der Waals surface area contributed by atoms with Crippen molar-refractivity contribution >= 4 is 10.0 Å². The number of H-pyrrole nitrogens is 1. The van der Waals surface area contributed by atoms with Gasteiger partial charge in [-0.15, -0.1) is 0 Å². The van der Waals surface area contributed by atoms with Gasteiger partial charge in [0.25, 0.3) is 0 Å². The van der Waals surface area contributed by atoms with Crippen molar-refractivity contribution in [3.63, 3.8) is 0 Å². The maximum atomic E-state index is 14.3. The molecule has 19 heavy (non-hydrogen) atoms. The summed E-state index contributed by atoms with van der Waals surface area (Å²) < 4.78 is 46.0.